The van der Waals surface area contributed by atoms with Crippen LogP contribution in [-0.4, -0.2) is 15.4 Å². The van der Waals surface area contributed by atoms with Crippen LogP contribution in [-0.2, 0) is 19.3 Å². The molecule has 0 aliphatic carbocycles. The fourth-order valence-electron chi connectivity index (χ4n) is 2.74. The number of aryl methyl sites for hydroxylation is 2. The van der Waals surface area contributed by atoms with Gasteiger partial charge >= 0.3 is 0 Å². The third-order valence-electron chi connectivity index (χ3n) is 4.09. The van der Waals surface area contributed by atoms with Crippen molar-refractivity contribution < 1.29 is 0 Å². The molecule has 0 unspecified atom stereocenters. The van der Waals surface area contributed by atoms with E-state index in [9.17, 15) is 0 Å². The van der Waals surface area contributed by atoms with E-state index in [1.807, 2.05) is 0 Å². The Morgan fingerprint density at radius 1 is 0.571 bits per heavy atom. The summed E-state index contributed by atoms with van der Waals surface area (Å²) in [6.45, 7) is 6.75. The Kier molecular flexibility index (Phi) is 10.0. The molecule has 0 bridgehead atoms. The average Bonchev–Trinajstić information content (AvgIpc) is 2.50. The molecule has 0 atom stereocenters. The highest BCUT2D eigenvalue weighted by molar-refractivity contribution is 5.24. The summed E-state index contributed by atoms with van der Waals surface area (Å²) in [4.78, 5) is 0. The second-order valence-electron chi connectivity index (χ2n) is 6.03. The fraction of sp³-hybridized carbons (Fsp3) is 0.833. The molecule has 120 valence electrons. The Labute approximate surface area is 131 Å². The van der Waals surface area contributed by atoms with E-state index in [-0.39, 0.29) is 0 Å². The van der Waals surface area contributed by atoms with Crippen molar-refractivity contribution in [2.45, 2.75) is 97.8 Å². The Morgan fingerprint density at radius 3 is 1.43 bits per heavy atom. The van der Waals surface area contributed by atoms with Crippen LogP contribution in [0.15, 0.2) is 0 Å². The first kappa shape index (κ1) is 18.1. The molecule has 0 aromatic carbocycles. The van der Waals surface area contributed by atoms with Crippen molar-refractivity contribution in [3.63, 3.8) is 0 Å². The second kappa shape index (κ2) is 11.6. The lowest BCUT2D eigenvalue weighted by molar-refractivity contribution is 0.630. The largest absolute Gasteiger partial charge is 0.135 e. The summed E-state index contributed by atoms with van der Waals surface area (Å²) >= 11 is 0. The molecule has 0 radical (unpaired) electrons. The van der Waals surface area contributed by atoms with Gasteiger partial charge in [-0.25, -0.2) is 0 Å². The molecule has 3 nitrogen and oxygen atoms in total. The topological polar surface area (TPSA) is 38.7 Å². The van der Waals surface area contributed by atoms with E-state index in [1.54, 1.807) is 0 Å². The molecule has 3 heteroatoms. The first-order chi connectivity index (χ1) is 10.3. The number of aromatic nitrogens is 3. The predicted octanol–water partition coefficient (Wildman–Crippen LogP) is 5.07. The van der Waals surface area contributed by atoms with Gasteiger partial charge in [-0.05, 0) is 49.3 Å². The third kappa shape index (κ3) is 7.01. The Balaban J connectivity index is 2.75. The van der Waals surface area contributed by atoms with E-state index in [0.29, 0.717) is 0 Å². The number of hydrogen-bond acceptors (Lipinski definition) is 3. The first-order valence-electron chi connectivity index (χ1n) is 9.03. The molecule has 0 aliphatic rings. The van der Waals surface area contributed by atoms with E-state index >= 15 is 0 Å². The van der Waals surface area contributed by atoms with Crippen molar-refractivity contribution in [2.75, 3.05) is 0 Å². The molecule has 0 saturated heterocycles. The highest BCUT2D eigenvalue weighted by Crippen LogP contribution is 2.18. The molecular formula is C18H33N3. The first-order valence-corrected chi connectivity index (χ1v) is 9.03. The smallest absolute Gasteiger partial charge is 0.0699 e. The summed E-state index contributed by atoms with van der Waals surface area (Å²) in [5.41, 5.74) is 3.87. The van der Waals surface area contributed by atoms with Crippen LogP contribution in [0.4, 0.5) is 0 Å². The van der Waals surface area contributed by atoms with Crippen LogP contribution in [0.25, 0.3) is 0 Å². The molecule has 0 fully saturated rings. The number of nitrogens with zero attached hydrogens (tertiary/aromatic N) is 3. The number of hydrogen-bond donors (Lipinski definition) is 0. The zero-order valence-corrected chi connectivity index (χ0v) is 14.3. The van der Waals surface area contributed by atoms with Crippen molar-refractivity contribution in [1.82, 2.24) is 15.4 Å². The zero-order valence-electron chi connectivity index (χ0n) is 14.3. The van der Waals surface area contributed by atoms with Crippen LogP contribution >= 0.6 is 0 Å². The van der Waals surface area contributed by atoms with Crippen LogP contribution < -0.4 is 0 Å². The highest BCUT2D eigenvalue weighted by atomic mass is 15.3. The van der Waals surface area contributed by atoms with Gasteiger partial charge in [0, 0.05) is 0 Å². The van der Waals surface area contributed by atoms with Crippen LogP contribution in [0.2, 0.25) is 0 Å². The van der Waals surface area contributed by atoms with Crippen molar-refractivity contribution in [1.29, 1.82) is 0 Å². The van der Waals surface area contributed by atoms with Gasteiger partial charge in [-0.15, -0.1) is 10.2 Å². The lowest BCUT2D eigenvalue weighted by Crippen LogP contribution is -2.09. The molecule has 0 amide bonds. The van der Waals surface area contributed by atoms with Gasteiger partial charge in [-0.1, -0.05) is 59.3 Å². The van der Waals surface area contributed by atoms with E-state index < -0.39 is 0 Å². The second-order valence-corrected chi connectivity index (χ2v) is 6.03. The minimum Gasteiger partial charge on any atom is -0.135 e. The van der Waals surface area contributed by atoms with Gasteiger partial charge in [-0.2, -0.15) is 0 Å². The van der Waals surface area contributed by atoms with Crippen molar-refractivity contribution in [3.8, 4) is 0 Å². The summed E-state index contributed by atoms with van der Waals surface area (Å²) in [5, 5.41) is 12.7. The van der Waals surface area contributed by atoms with E-state index in [2.05, 4.69) is 36.2 Å². The Bertz CT molecular complexity index is 348. The van der Waals surface area contributed by atoms with Crippen LogP contribution in [0, 0.1) is 0 Å². The lowest BCUT2D eigenvalue weighted by atomic mass is 9.98. The van der Waals surface area contributed by atoms with Gasteiger partial charge in [0.2, 0.25) is 0 Å². The molecule has 0 N–H and O–H groups in total. The van der Waals surface area contributed by atoms with E-state index in [0.717, 1.165) is 19.3 Å². The van der Waals surface area contributed by atoms with Crippen molar-refractivity contribution in [2.24, 2.45) is 0 Å². The number of rotatable bonds is 12. The maximum absolute atomic E-state index is 4.36. The van der Waals surface area contributed by atoms with Crippen LogP contribution in [0.3, 0.4) is 0 Å². The van der Waals surface area contributed by atoms with Crippen molar-refractivity contribution >= 4 is 0 Å². The Morgan fingerprint density at radius 2 is 1.00 bits per heavy atom. The molecule has 1 aromatic rings. The number of unbranched alkanes of at least 4 members (excludes halogenated alkanes) is 6. The minimum absolute atomic E-state index is 1.07. The summed E-state index contributed by atoms with van der Waals surface area (Å²) in [7, 11) is 0. The molecule has 0 saturated carbocycles. The fourth-order valence-corrected chi connectivity index (χ4v) is 2.74. The molecular weight excluding hydrogens is 258 g/mol. The van der Waals surface area contributed by atoms with Crippen molar-refractivity contribution in [3.05, 3.63) is 17.0 Å². The maximum Gasteiger partial charge on any atom is 0.0699 e. The van der Waals surface area contributed by atoms with E-state index in [4.69, 9.17) is 0 Å². The lowest BCUT2D eigenvalue weighted by Gasteiger charge is -2.12. The zero-order chi connectivity index (χ0) is 15.3. The monoisotopic (exact) mass is 291 g/mol. The SMILES string of the molecule is CCCCCc1nnnc(CCCCC)c1CCCCC. The van der Waals surface area contributed by atoms with Gasteiger partial charge in [0.25, 0.3) is 0 Å². The molecule has 0 spiro atoms. The highest BCUT2D eigenvalue weighted by Gasteiger charge is 2.12. The van der Waals surface area contributed by atoms with Gasteiger partial charge in [-0.3, -0.25) is 0 Å². The van der Waals surface area contributed by atoms with Gasteiger partial charge in [0.15, 0.2) is 0 Å². The predicted molar refractivity (Wildman–Crippen MR) is 89.5 cm³/mol. The van der Waals surface area contributed by atoms with E-state index in [1.165, 1.54) is 74.7 Å². The summed E-state index contributed by atoms with van der Waals surface area (Å²) < 4.78 is 0. The quantitative estimate of drug-likeness (QED) is 0.505. The molecule has 0 aliphatic heterocycles. The van der Waals surface area contributed by atoms with Gasteiger partial charge in [0.1, 0.15) is 0 Å². The third-order valence-corrected chi connectivity index (χ3v) is 4.09. The standard InChI is InChI=1S/C18H33N3/c1-4-7-10-13-16-17(14-11-8-5-2)19-21-20-18(16)15-12-9-6-3/h4-15H2,1-3H3. The summed E-state index contributed by atoms with van der Waals surface area (Å²) in [6, 6.07) is 0. The molecule has 1 heterocycles. The minimum atomic E-state index is 1.07. The van der Waals surface area contributed by atoms with Gasteiger partial charge < -0.3 is 0 Å². The van der Waals surface area contributed by atoms with Crippen LogP contribution in [0.5, 0.6) is 0 Å². The normalized spacial score (nSPS) is 11.0. The van der Waals surface area contributed by atoms with Crippen LogP contribution in [0.1, 0.15) is 95.5 Å². The van der Waals surface area contributed by atoms with Gasteiger partial charge in [0.05, 0.1) is 11.4 Å². The summed E-state index contributed by atoms with van der Waals surface area (Å²) in [6.07, 6.45) is 14.6. The molecule has 1 rings (SSSR count). The molecule has 1 aromatic heterocycles. The molecule has 21 heavy (non-hydrogen) atoms. The Hall–Kier alpha value is -0.990. The average molecular weight is 291 g/mol. The summed E-state index contributed by atoms with van der Waals surface area (Å²) in [5.74, 6) is 0. The maximum atomic E-state index is 4.36.